The Kier molecular flexibility index (Phi) is 4.99. The van der Waals surface area contributed by atoms with Crippen LogP contribution in [0, 0.1) is 17.8 Å². The summed E-state index contributed by atoms with van der Waals surface area (Å²) in [6, 6.07) is 9.56. The van der Waals surface area contributed by atoms with Crippen LogP contribution in [0.1, 0.15) is 37.7 Å². The first-order valence-electron chi connectivity index (χ1n) is 8.68. The molecule has 1 aromatic carbocycles. The molecule has 4 nitrogen and oxygen atoms in total. The van der Waals surface area contributed by atoms with Crippen LogP contribution in [0.15, 0.2) is 30.3 Å². The van der Waals surface area contributed by atoms with Crippen LogP contribution in [0.2, 0.25) is 0 Å². The van der Waals surface area contributed by atoms with E-state index >= 15 is 0 Å². The van der Waals surface area contributed by atoms with E-state index in [1.54, 1.807) is 0 Å². The van der Waals surface area contributed by atoms with Crippen LogP contribution in [-0.4, -0.2) is 35.0 Å². The number of carboxylic acid groups (broad SMARTS) is 1. The number of benzene rings is 1. The minimum absolute atomic E-state index is 0.0164. The van der Waals surface area contributed by atoms with E-state index in [0.29, 0.717) is 18.3 Å². The minimum Gasteiger partial charge on any atom is -0.481 e. The van der Waals surface area contributed by atoms with Crippen molar-refractivity contribution >= 4 is 11.9 Å². The third kappa shape index (κ3) is 3.92. The average Bonchev–Trinajstić information content (AvgIpc) is 2.99. The van der Waals surface area contributed by atoms with Crippen molar-refractivity contribution in [2.45, 2.75) is 38.5 Å². The number of carbonyl (C=O) groups excluding carboxylic acids is 1. The van der Waals surface area contributed by atoms with Crippen molar-refractivity contribution in [3.63, 3.8) is 0 Å². The number of fused-ring (bicyclic) bond motifs is 1. The highest BCUT2D eigenvalue weighted by atomic mass is 16.4. The Morgan fingerprint density at radius 3 is 2.26 bits per heavy atom. The first-order valence-corrected chi connectivity index (χ1v) is 8.68. The molecule has 4 heteroatoms. The summed E-state index contributed by atoms with van der Waals surface area (Å²) in [4.78, 5) is 26.0. The summed E-state index contributed by atoms with van der Waals surface area (Å²) < 4.78 is 0. The molecule has 3 atom stereocenters. The Morgan fingerprint density at radius 1 is 1.09 bits per heavy atom. The molecule has 1 aliphatic heterocycles. The molecule has 1 aromatic rings. The molecular formula is C19H25NO3. The summed E-state index contributed by atoms with van der Waals surface area (Å²) in [7, 11) is 0. The summed E-state index contributed by atoms with van der Waals surface area (Å²) >= 11 is 0. The maximum atomic E-state index is 12.6. The smallest absolute Gasteiger partial charge is 0.307 e. The highest BCUT2D eigenvalue weighted by Crippen LogP contribution is 2.36. The summed E-state index contributed by atoms with van der Waals surface area (Å²) in [6.07, 6.45) is 5.53. The van der Waals surface area contributed by atoms with Gasteiger partial charge in [0.15, 0.2) is 0 Å². The number of rotatable bonds is 5. The first kappa shape index (κ1) is 16.0. The fraction of sp³-hybridized carbons (Fsp3) is 0.579. The lowest BCUT2D eigenvalue weighted by atomic mass is 9.82. The lowest BCUT2D eigenvalue weighted by Crippen LogP contribution is -2.33. The highest BCUT2D eigenvalue weighted by Gasteiger charge is 2.37. The number of aliphatic carboxylic acids is 1. The number of hydrogen-bond donors (Lipinski definition) is 1. The molecule has 1 saturated heterocycles. The lowest BCUT2D eigenvalue weighted by Gasteiger charge is -2.22. The normalized spacial score (nSPS) is 25.0. The lowest BCUT2D eigenvalue weighted by molar-refractivity contribution is -0.145. The molecule has 0 bridgehead atoms. The zero-order chi connectivity index (χ0) is 16.2. The number of carbonyl (C=O) groups is 2. The van der Waals surface area contributed by atoms with E-state index in [-0.39, 0.29) is 12.3 Å². The maximum Gasteiger partial charge on any atom is 0.307 e. The molecular weight excluding hydrogens is 290 g/mol. The van der Waals surface area contributed by atoms with E-state index in [2.05, 4.69) is 0 Å². The van der Waals surface area contributed by atoms with Gasteiger partial charge in [0.1, 0.15) is 0 Å². The van der Waals surface area contributed by atoms with E-state index in [4.69, 9.17) is 0 Å². The van der Waals surface area contributed by atoms with Gasteiger partial charge in [-0.2, -0.15) is 0 Å². The van der Waals surface area contributed by atoms with Gasteiger partial charge in [-0.1, -0.05) is 43.2 Å². The Bertz CT molecular complexity index is 543. The predicted octanol–water partition coefficient (Wildman–Crippen LogP) is 2.97. The van der Waals surface area contributed by atoms with E-state index in [1.807, 2.05) is 35.2 Å². The van der Waals surface area contributed by atoms with Gasteiger partial charge in [-0.05, 0) is 36.7 Å². The Balaban J connectivity index is 1.59. The number of hydrogen-bond acceptors (Lipinski definition) is 2. The second-order valence-corrected chi connectivity index (χ2v) is 7.03. The number of nitrogens with zero attached hydrogens (tertiary/aromatic N) is 1. The van der Waals surface area contributed by atoms with Crippen LogP contribution in [0.25, 0.3) is 0 Å². The number of likely N-dealkylation sites (tertiary alicyclic amines) is 1. The fourth-order valence-electron chi connectivity index (χ4n) is 4.09. The van der Waals surface area contributed by atoms with Crippen LogP contribution in [0.3, 0.4) is 0 Å². The fourth-order valence-corrected chi connectivity index (χ4v) is 4.09. The van der Waals surface area contributed by atoms with Crippen molar-refractivity contribution in [1.82, 2.24) is 4.90 Å². The van der Waals surface area contributed by atoms with Crippen LogP contribution >= 0.6 is 0 Å². The predicted molar refractivity (Wildman–Crippen MR) is 87.9 cm³/mol. The van der Waals surface area contributed by atoms with E-state index in [9.17, 15) is 14.7 Å². The van der Waals surface area contributed by atoms with Gasteiger partial charge in [0.2, 0.25) is 5.91 Å². The molecule has 1 amide bonds. The molecule has 1 heterocycles. The molecule has 124 valence electrons. The highest BCUT2D eigenvalue weighted by molar-refractivity contribution is 5.82. The molecule has 0 aromatic heterocycles. The van der Waals surface area contributed by atoms with Gasteiger partial charge < -0.3 is 10.0 Å². The summed E-state index contributed by atoms with van der Waals surface area (Å²) in [5.74, 6) is -0.204. The van der Waals surface area contributed by atoms with Gasteiger partial charge in [-0.15, -0.1) is 0 Å². The standard InChI is InChI=1S/C19H25NO3/c21-18(20-12-15-8-4-5-9-16(15)13-20)11-17(19(22)23)10-14-6-2-1-3-7-14/h1-3,6-7,15-17H,4-5,8-13H2,(H,22,23)/t15-,16+,17-/m0/s1. The largest absolute Gasteiger partial charge is 0.481 e. The van der Waals surface area contributed by atoms with E-state index in [0.717, 1.165) is 18.7 Å². The van der Waals surface area contributed by atoms with Crippen molar-refractivity contribution in [3.8, 4) is 0 Å². The maximum absolute atomic E-state index is 12.6. The molecule has 0 unspecified atom stereocenters. The van der Waals surface area contributed by atoms with Gasteiger partial charge in [0.05, 0.1) is 5.92 Å². The van der Waals surface area contributed by atoms with Crippen LogP contribution in [0.4, 0.5) is 0 Å². The first-order chi connectivity index (χ1) is 11.1. The molecule has 0 radical (unpaired) electrons. The second kappa shape index (κ2) is 7.16. The van der Waals surface area contributed by atoms with E-state index in [1.165, 1.54) is 25.7 Å². The van der Waals surface area contributed by atoms with Crippen molar-refractivity contribution in [1.29, 1.82) is 0 Å². The van der Waals surface area contributed by atoms with Crippen LogP contribution < -0.4 is 0 Å². The average molecular weight is 315 g/mol. The molecule has 1 saturated carbocycles. The zero-order valence-electron chi connectivity index (χ0n) is 13.5. The minimum atomic E-state index is -0.876. The van der Waals surface area contributed by atoms with Crippen molar-refractivity contribution in [2.24, 2.45) is 17.8 Å². The van der Waals surface area contributed by atoms with Gasteiger partial charge in [0.25, 0.3) is 0 Å². The number of amides is 1. The Hall–Kier alpha value is -1.84. The van der Waals surface area contributed by atoms with Gasteiger partial charge in [0, 0.05) is 19.5 Å². The van der Waals surface area contributed by atoms with Gasteiger partial charge in [-0.25, -0.2) is 0 Å². The quantitative estimate of drug-likeness (QED) is 0.909. The van der Waals surface area contributed by atoms with E-state index < -0.39 is 11.9 Å². The third-order valence-electron chi connectivity index (χ3n) is 5.42. The zero-order valence-corrected chi connectivity index (χ0v) is 13.5. The molecule has 0 spiro atoms. The van der Waals surface area contributed by atoms with Gasteiger partial charge in [-0.3, -0.25) is 9.59 Å². The van der Waals surface area contributed by atoms with Crippen LogP contribution in [0.5, 0.6) is 0 Å². The molecule has 3 rings (SSSR count). The molecule has 1 N–H and O–H groups in total. The Labute approximate surface area is 137 Å². The summed E-state index contributed by atoms with van der Waals surface area (Å²) in [6.45, 7) is 1.67. The molecule has 2 fully saturated rings. The molecule has 23 heavy (non-hydrogen) atoms. The van der Waals surface area contributed by atoms with Crippen LogP contribution in [-0.2, 0) is 16.0 Å². The molecule has 1 aliphatic carbocycles. The second-order valence-electron chi connectivity index (χ2n) is 7.03. The third-order valence-corrected chi connectivity index (χ3v) is 5.42. The van der Waals surface area contributed by atoms with Crippen molar-refractivity contribution < 1.29 is 14.7 Å². The monoisotopic (exact) mass is 315 g/mol. The van der Waals surface area contributed by atoms with Crippen molar-refractivity contribution in [3.05, 3.63) is 35.9 Å². The van der Waals surface area contributed by atoms with Crippen molar-refractivity contribution in [2.75, 3.05) is 13.1 Å². The topological polar surface area (TPSA) is 57.6 Å². The van der Waals surface area contributed by atoms with Gasteiger partial charge >= 0.3 is 5.97 Å². The Morgan fingerprint density at radius 2 is 1.70 bits per heavy atom. The summed E-state index contributed by atoms with van der Waals surface area (Å²) in [5.41, 5.74) is 0.975. The molecule has 2 aliphatic rings. The number of carboxylic acids is 1. The summed E-state index contributed by atoms with van der Waals surface area (Å²) in [5, 5.41) is 9.46. The SMILES string of the molecule is O=C(O)[C@H](CC(=O)N1C[C@H]2CCCC[C@H]2C1)Cc1ccccc1.